The van der Waals surface area contributed by atoms with Crippen molar-refractivity contribution in [3.05, 3.63) is 27.7 Å². The second kappa shape index (κ2) is 5.72. The zero-order chi connectivity index (χ0) is 15.1. The molecule has 1 aromatic rings. The van der Waals surface area contributed by atoms with E-state index in [4.69, 9.17) is 33.9 Å². The van der Waals surface area contributed by atoms with Crippen molar-refractivity contribution in [2.24, 2.45) is 0 Å². The molecule has 1 saturated carbocycles. The lowest BCUT2D eigenvalue weighted by Gasteiger charge is -2.21. The van der Waals surface area contributed by atoms with E-state index < -0.39 is 9.05 Å². The van der Waals surface area contributed by atoms with Crippen molar-refractivity contribution in [1.82, 2.24) is 4.90 Å². The van der Waals surface area contributed by atoms with Gasteiger partial charge in [-0.2, -0.15) is 0 Å². The molecule has 0 atom stereocenters. The predicted octanol–water partition coefficient (Wildman–Crippen LogP) is 3.55. The number of carbonyl (C=O) groups excluding carboxylic acids is 1. The van der Waals surface area contributed by atoms with Crippen LogP contribution in [0.1, 0.15) is 30.1 Å². The maximum Gasteiger partial charge on any atom is 0.261 e. The number of amides is 1. The summed E-state index contributed by atoms with van der Waals surface area (Å²) in [6.07, 6.45) is 1.89. The van der Waals surface area contributed by atoms with Gasteiger partial charge in [0.2, 0.25) is 0 Å². The quantitative estimate of drug-likeness (QED) is 0.775. The van der Waals surface area contributed by atoms with E-state index in [1.54, 1.807) is 4.90 Å². The molecule has 110 valence electrons. The summed E-state index contributed by atoms with van der Waals surface area (Å²) in [5, 5.41) is 0.0309. The molecule has 0 aliphatic heterocycles. The van der Waals surface area contributed by atoms with Crippen LogP contribution in [-0.4, -0.2) is 31.8 Å². The summed E-state index contributed by atoms with van der Waals surface area (Å²) in [6.45, 7) is 2.38. The molecule has 2 rings (SSSR count). The molecular formula is C12H12Cl3NO3S. The van der Waals surface area contributed by atoms with Crippen molar-refractivity contribution in [1.29, 1.82) is 0 Å². The number of rotatable bonds is 4. The number of nitrogens with zero attached hydrogens (tertiary/aromatic N) is 1. The molecule has 0 saturated heterocycles. The van der Waals surface area contributed by atoms with Crippen molar-refractivity contribution in [2.75, 3.05) is 6.54 Å². The molecule has 1 fully saturated rings. The van der Waals surface area contributed by atoms with Gasteiger partial charge in [0.25, 0.3) is 15.0 Å². The van der Waals surface area contributed by atoms with E-state index in [-0.39, 0.29) is 32.5 Å². The fourth-order valence-electron chi connectivity index (χ4n) is 1.97. The Hall–Kier alpha value is -0.490. The minimum Gasteiger partial charge on any atom is -0.336 e. The summed E-state index contributed by atoms with van der Waals surface area (Å²) < 4.78 is 22.8. The molecule has 0 radical (unpaired) electrons. The van der Waals surface area contributed by atoms with Crippen LogP contribution in [0.2, 0.25) is 10.0 Å². The van der Waals surface area contributed by atoms with Crippen LogP contribution in [-0.2, 0) is 9.05 Å². The number of carbonyl (C=O) groups is 1. The lowest BCUT2D eigenvalue weighted by atomic mass is 10.2. The van der Waals surface area contributed by atoms with Crippen LogP contribution in [0.5, 0.6) is 0 Å². The summed E-state index contributed by atoms with van der Waals surface area (Å²) >= 11 is 11.9. The van der Waals surface area contributed by atoms with Crippen LogP contribution in [0.25, 0.3) is 0 Å². The van der Waals surface area contributed by atoms with Gasteiger partial charge in [-0.05, 0) is 31.9 Å². The third-order valence-electron chi connectivity index (χ3n) is 3.10. The van der Waals surface area contributed by atoms with E-state index in [1.807, 2.05) is 6.92 Å². The minimum absolute atomic E-state index is 0.0106. The van der Waals surface area contributed by atoms with Crippen molar-refractivity contribution in [2.45, 2.75) is 30.7 Å². The Morgan fingerprint density at radius 1 is 1.35 bits per heavy atom. The number of hydrogen-bond acceptors (Lipinski definition) is 3. The molecule has 1 aliphatic rings. The zero-order valence-corrected chi connectivity index (χ0v) is 13.7. The third kappa shape index (κ3) is 3.22. The average molecular weight is 357 g/mol. The smallest absolute Gasteiger partial charge is 0.261 e. The molecule has 0 spiro atoms. The summed E-state index contributed by atoms with van der Waals surface area (Å²) in [7, 11) is 1.32. The molecule has 0 N–H and O–H groups in total. The van der Waals surface area contributed by atoms with Gasteiger partial charge in [0.05, 0.1) is 20.5 Å². The lowest BCUT2D eigenvalue weighted by molar-refractivity contribution is 0.0752. The first-order valence-electron chi connectivity index (χ1n) is 6.00. The van der Waals surface area contributed by atoms with Crippen LogP contribution in [0.3, 0.4) is 0 Å². The second-order valence-electron chi connectivity index (χ2n) is 4.53. The second-order valence-corrected chi connectivity index (χ2v) is 7.88. The summed E-state index contributed by atoms with van der Waals surface area (Å²) in [4.78, 5) is 13.9. The summed E-state index contributed by atoms with van der Waals surface area (Å²) in [6, 6.07) is 2.50. The van der Waals surface area contributed by atoms with E-state index in [9.17, 15) is 13.2 Å². The topological polar surface area (TPSA) is 54.5 Å². The number of benzene rings is 1. The Labute approximate surface area is 132 Å². The molecule has 1 aromatic carbocycles. The van der Waals surface area contributed by atoms with Crippen molar-refractivity contribution < 1.29 is 13.2 Å². The molecule has 20 heavy (non-hydrogen) atoms. The van der Waals surface area contributed by atoms with Gasteiger partial charge in [0.1, 0.15) is 0 Å². The highest BCUT2D eigenvalue weighted by atomic mass is 35.7. The first-order chi connectivity index (χ1) is 9.25. The molecule has 4 nitrogen and oxygen atoms in total. The Bertz CT molecular complexity index is 656. The molecular weight excluding hydrogens is 345 g/mol. The van der Waals surface area contributed by atoms with Crippen LogP contribution < -0.4 is 0 Å². The van der Waals surface area contributed by atoms with Crippen LogP contribution in [0.15, 0.2) is 17.0 Å². The maximum atomic E-state index is 12.5. The molecule has 1 aliphatic carbocycles. The maximum absolute atomic E-state index is 12.5. The molecule has 0 unspecified atom stereocenters. The first kappa shape index (κ1) is 15.9. The monoisotopic (exact) mass is 355 g/mol. The Morgan fingerprint density at radius 2 is 1.95 bits per heavy atom. The van der Waals surface area contributed by atoms with Gasteiger partial charge in [-0.3, -0.25) is 4.79 Å². The van der Waals surface area contributed by atoms with Gasteiger partial charge in [0, 0.05) is 23.3 Å². The van der Waals surface area contributed by atoms with E-state index in [0.717, 1.165) is 18.9 Å². The SMILES string of the molecule is CCN(C(=O)c1cc(S(=O)(=O)Cl)cc(Cl)c1Cl)C1CC1. The van der Waals surface area contributed by atoms with E-state index in [2.05, 4.69) is 0 Å². The van der Waals surface area contributed by atoms with Crippen molar-refractivity contribution in [3.8, 4) is 0 Å². The minimum atomic E-state index is -3.98. The predicted molar refractivity (Wildman–Crippen MR) is 79.2 cm³/mol. The lowest BCUT2D eigenvalue weighted by Crippen LogP contribution is -2.33. The fourth-order valence-corrected chi connectivity index (χ4v) is 3.23. The summed E-state index contributed by atoms with van der Waals surface area (Å²) in [5.74, 6) is -0.330. The Morgan fingerprint density at radius 3 is 2.40 bits per heavy atom. The highest BCUT2D eigenvalue weighted by Gasteiger charge is 2.33. The zero-order valence-electron chi connectivity index (χ0n) is 10.6. The van der Waals surface area contributed by atoms with Gasteiger partial charge in [-0.25, -0.2) is 8.42 Å². The highest BCUT2D eigenvalue weighted by Crippen LogP contribution is 2.34. The van der Waals surface area contributed by atoms with Crippen LogP contribution in [0.4, 0.5) is 0 Å². The Kier molecular flexibility index (Phi) is 4.54. The first-order valence-corrected chi connectivity index (χ1v) is 9.07. The van der Waals surface area contributed by atoms with Crippen molar-refractivity contribution >= 4 is 48.8 Å². The van der Waals surface area contributed by atoms with E-state index >= 15 is 0 Å². The van der Waals surface area contributed by atoms with E-state index in [0.29, 0.717) is 6.54 Å². The number of halogens is 3. The van der Waals surface area contributed by atoms with Gasteiger partial charge in [-0.15, -0.1) is 0 Å². The fraction of sp³-hybridized carbons (Fsp3) is 0.417. The summed E-state index contributed by atoms with van der Waals surface area (Å²) in [5.41, 5.74) is 0.0622. The van der Waals surface area contributed by atoms with Gasteiger partial charge in [0.15, 0.2) is 0 Å². The van der Waals surface area contributed by atoms with E-state index in [1.165, 1.54) is 6.07 Å². The molecule has 1 amide bonds. The largest absolute Gasteiger partial charge is 0.336 e. The van der Waals surface area contributed by atoms with Crippen LogP contribution in [0, 0.1) is 0 Å². The number of hydrogen-bond donors (Lipinski definition) is 0. The molecule has 0 heterocycles. The van der Waals surface area contributed by atoms with Crippen molar-refractivity contribution in [3.63, 3.8) is 0 Å². The molecule has 8 heteroatoms. The third-order valence-corrected chi connectivity index (χ3v) is 5.24. The Balaban J connectivity index is 2.49. The normalized spacial score (nSPS) is 15.2. The highest BCUT2D eigenvalue weighted by molar-refractivity contribution is 8.13. The van der Waals surface area contributed by atoms with Crippen LogP contribution >= 0.6 is 33.9 Å². The molecule has 0 bridgehead atoms. The average Bonchev–Trinajstić information content (AvgIpc) is 3.16. The van der Waals surface area contributed by atoms with Gasteiger partial charge >= 0.3 is 0 Å². The van der Waals surface area contributed by atoms with Gasteiger partial charge < -0.3 is 4.90 Å². The standard InChI is InChI=1S/C12H12Cl3NO3S/c1-2-16(7-3-4-7)12(17)9-5-8(20(15,18)19)6-10(13)11(9)14/h5-7H,2-4H2,1H3. The molecule has 0 aromatic heterocycles. The van der Waals surface area contributed by atoms with Gasteiger partial charge in [-0.1, -0.05) is 23.2 Å².